The zero-order chi connectivity index (χ0) is 27.2. The van der Waals surface area contributed by atoms with Crippen LogP contribution in [0.25, 0.3) is 0 Å². The minimum absolute atomic E-state index is 0.126. The van der Waals surface area contributed by atoms with E-state index in [9.17, 15) is 24.2 Å². The van der Waals surface area contributed by atoms with Gasteiger partial charge in [-0.25, -0.2) is 4.39 Å². The maximum Gasteiger partial charge on any atom is 0.167 e. The molecule has 1 heterocycles. The second kappa shape index (κ2) is 12.5. The molecule has 2 N–H and O–H groups in total. The van der Waals surface area contributed by atoms with Gasteiger partial charge in [-0.3, -0.25) is 14.5 Å². The molecular formula is C31H34FNO5. The fourth-order valence-electron chi connectivity index (χ4n) is 5.43. The van der Waals surface area contributed by atoms with Crippen LogP contribution in [-0.4, -0.2) is 60.0 Å². The van der Waals surface area contributed by atoms with Gasteiger partial charge in [0.25, 0.3) is 0 Å². The summed E-state index contributed by atoms with van der Waals surface area (Å²) in [6, 6.07) is 18.5. The van der Waals surface area contributed by atoms with Gasteiger partial charge in [0, 0.05) is 55.6 Å². The van der Waals surface area contributed by atoms with E-state index in [0.717, 1.165) is 0 Å². The number of aliphatic hydroxyl groups is 2. The Bertz CT molecular complexity index is 1190. The second-order valence-electron chi connectivity index (χ2n) is 9.88. The van der Waals surface area contributed by atoms with E-state index in [1.165, 1.54) is 6.07 Å². The van der Waals surface area contributed by atoms with Crippen LogP contribution in [0.5, 0.6) is 0 Å². The number of hydrogen-bond acceptors (Lipinski definition) is 6. The zero-order valence-electron chi connectivity index (χ0n) is 21.8. The molecule has 1 unspecified atom stereocenters. The summed E-state index contributed by atoms with van der Waals surface area (Å²) in [5.41, 5.74) is 3.46. The van der Waals surface area contributed by atoms with E-state index in [1.54, 1.807) is 68.6 Å². The standard InChI is InChI=1S/C31H34FNO5/c1-20-25(4-3-5-28(20)32)29-26(30(36)23-10-6-21(18-34)7-11-23)16-33(14-15-38-2)17-27(29)31(37)24-12-8-22(19-35)9-13-24/h3-13,26-27,29,34-35H,14-19H2,1-2H3/t26-,27+,29?. The number of ether oxygens (including phenoxy) is 1. The van der Waals surface area contributed by atoms with E-state index < -0.39 is 17.8 Å². The quantitative estimate of drug-likeness (QED) is 0.391. The molecule has 0 bridgehead atoms. The van der Waals surface area contributed by atoms with Crippen LogP contribution in [0.1, 0.15) is 48.9 Å². The molecule has 0 aromatic heterocycles. The number of hydrogen-bond donors (Lipinski definition) is 2. The van der Waals surface area contributed by atoms with Gasteiger partial charge < -0.3 is 14.9 Å². The number of likely N-dealkylation sites (tertiary alicyclic amines) is 1. The third-order valence-electron chi connectivity index (χ3n) is 7.57. The number of Topliss-reactive ketones (excluding diaryl/α,β-unsaturated/α-hetero) is 2. The van der Waals surface area contributed by atoms with Gasteiger partial charge in [-0.15, -0.1) is 0 Å². The SMILES string of the molecule is COCCN1C[C@H](C(=O)c2ccc(CO)cc2)C(c2cccc(F)c2C)[C@H](C(=O)c2ccc(CO)cc2)C1. The smallest absolute Gasteiger partial charge is 0.167 e. The highest BCUT2D eigenvalue weighted by Crippen LogP contribution is 2.42. The topological polar surface area (TPSA) is 87.1 Å². The van der Waals surface area contributed by atoms with Crippen LogP contribution in [0.2, 0.25) is 0 Å². The number of ketones is 2. The predicted molar refractivity (Wildman–Crippen MR) is 143 cm³/mol. The zero-order valence-corrected chi connectivity index (χ0v) is 21.8. The lowest BCUT2D eigenvalue weighted by molar-refractivity contribution is 0.0497. The summed E-state index contributed by atoms with van der Waals surface area (Å²) in [4.78, 5) is 30.1. The normalized spacial score (nSPS) is 19.9. The van der Waals surface area contributed by atoms with Gasteiger partial charge in [0.2, 0.25) is 0 Å². The van der Waals surface area contributed by atoms with Crippen LogP contribution in [0, 0.1) is 24.6 Å². The van der Waals surface area contributed by atoms with Gasteiger partial charge in [-0.05, 0) is 35.2 Å². The lowest BCUT2D eigenvalue weighted by Crippen LogP contribution is -2.51. The average Bonchev–Trinajstić information content (AvgIpc) is 2.96. The van der Waals surface area contributed by atoms with Crippen molar-refractivity contribution in [2.75, 3.05) is 33.4 Å². The molecule has 3 atom stereocenters. The van der Waals surface area contributed by atoms with Crippen molar-refractivity contribution in [3.8, 4) is 0 Å². The van der Waals surface area contributed by atoms with Crippen LogP contribution in [-0.2, 0) is 18.0 Å². The third-order valence-corrected chi connectivity index (χ3v) is 7.57. The largest absolute Gasteiger partial charge is 0.392 e. The predicted octanol–water partition coefficient (Wildman–Crippen LogP) is 4.16. The van der Waals surface area contributed by atoms with Crippen molar-refractivity contribution in [2.24, 2.45) is 11.8 Å². The first-order valence-corrected chi connectivity index (χ1v) is 12.8. The molecule has 3 aromatic rings. The Labute approximate surface area is 222 Å². The molecule has 0 spiro atoms. The molecule has 1 fully saturated rings. The molecule has 1 saturated heterocycles. The van der Waals surface area contributed by atoms with Crippen molar-refractivity contribution in [1.82, 2.24) is 4.90 Å². The van der Waals surface area contributed by atoms with E-state index in [0.29, 0.717) is 59.6 Å². The fraction of sp³-hybridized carbons (Fsp3) is 0.355. The lowest BCUT2D eigenvalue weighted by Gasteiger charge is -2.43. The molecule has 0 amide bonds. The van der Waals surface area contributed by atoms with Crippen molar-refractivity contribution >= 4 is 11.6 Å². The molecule has 38 heavy (non-hydrogen) atoms. The lowest BCUT2D eigenvalue weighted by atomic mass is 9.67. The van der Waals surface area contributed by atoms with Gasteiger partial charge in [-0.1, -0.05) is 60.7 Å². The molecular weight excluding hydrogens is 485 g/mol. The molecule has 1 aliphatic heterocycles. The van der Waals surface area contributed by atoms with Crippen molar-refractivity contribution in [3.63, 3.8) is 0 Å². The molecule has 0 saturated carbocycles. The fourth-order valence-corrected chi connectivity index (χ4v) is 5.43. The molecule has 3 aromatic carbocycles. The van der Waals surface area contributed by atoms with Crippen molar-refractivity contribution in [2.45, 2.75) is 26.1 Å². The summed E-state index contributed by atoms with van der Waals surface area (Å²) < 4.78 is 20.1. The van der Waals surface area contributed by atoms with Gasteiger partial charge in [0.05, 0.1) is 19.8 Å². The number of carbonyl (C=O) groups excluding carboxylic acids is 2. The molecule has 6 nitrogen and oxygen atoms in total. The number of methoxy groups -OCH3 is 1. The monoisotopic (exact) mass is 519 g/mol. The first kappa shape index (κ1) is 27.8. The average molecular weight is 520 g/mol. The van der Waals surface area contributed by atoms with E-state index in [2.05, 4.69) is 4.90 Å². The molecule has 0 aliphatic carbocycles. The highest BCUT2D eigenvalue weighted by molar-refractivity contribution is 6.02. The van der Waals surface area contributed by atoms with Crippen LogP contribution in [0.4, 0.5) is 4.39 Å². The Kier molecular flexibility index (Phi) is 9.17. The second-order valence-corrected chi connectivity index (χ2v) is 9.88. The highest BCUT2D eigenvalue weighted by atomic mass is 19.1. The Balaban J connectivity index is 1.82. The summed E-state index contributed by atoms with van der Waals surface area (Å²) in [7, 11) is 1.61. The van der Waals surface area contributed by atoms with Crippen LogP contribution < -0.4 is 0 Å². The Morgan fingerprint density at radius 3 is 1.82 bits per heavy atom. The van der Waals surface area contributed by atoms with E-state index in [-0.39, 0.29) is 30.6 Å². The van der Waals surface area contributed by atoms with E-state index in [1.807, 2.05) is 6.07 Å². The minimum atomic E-state index is -0.605. The van der Waals surface area contributed by atoms with Crippen molar-refractivity contribution in [3.05, 3.63) is 106 Å². The molecule has 1 aliphatic rings. The van der Waals surface area contributed by atoms with Gasteiger partial charge in [-0.2, -0.15) is 0 Å². The van der Waals surface area contributed by atoms with Gasteiger partial charge in [0.1, 0.15) is 5.82 Å². The number of carbonyl (C=O) groups is 2. The number of piperidine rings is 1. The number of benzene rings is 3. The van der Waals surface area contributed by atoms with Crippen molar-refractivity contribution < 1.29 is 28.9 Å². The summed E-state index contributed by atoms with van der Waals surface area (Å²) >= 11 is 0. The number of halogens is 1. The highest BCUT2D eigenvalue weighted by Gasteiger charge is 2.45. The van der Waals surface area contributed by atoms with Crippen LogP contribution in [0.3, 0.4) is 0 Å². The van der Waals surface area contributed by atoms with E-state index in [4.69, 9.17) is 4.74 Å². The Morgan fingerprint density at radius 2 is 1.37 bits per heavy atom. The molecule has 200 valence electrons. The van der Waals surface area contributed by atoms with Crippen LogP contribution >= 0.6 is 0 Å². The molecule has 0 radical (unpaired) electrons. The summed E-state index contributed by atoms with van der Waals surface area (Å²) in [5, 5.41) is 18.9. The molecule has 7 heteroatoms. The van der Waals surface area contributed by atoms with Gasteiger partial charge >= 0.3 is 0 Å². The third kappa shape index (κ3) is 5.92. The maximum atomic E-state index is 14.8. The summed E-state index contributed by atoms with van der Waals surface area (Å²) in [6.07, 6.45) is 0. The first-order chi connectivity index (χ1) is 18.4. The van der Waals surface area contributed by atoms with Crippen LogP contribution in [0.15, 0.2) is 66.7 Å². The maximum absolute atomic E-state index is 14.8. The number of nitrogens with zero attached hydrogens (tertiary/aromatic N) is 1. The number of aliphatic hydroxyl groups excluding tert-OH is 2. The Morgan fingerprint density at radius 1 is 0.868 bits per heavy atom. The Hall–Kier alpha value is -3.23. The van der Waals surface area contributed by atoms with Gasteiger partial charge in [0.15, 0.2) is 11.6 Å². The first-order valence-electron chi connectivity index (χ1n) is 12.8. The van der Waals surface area contributed by atoms with E-state index >= 15 is 0 Å². The summed E-state index contributed by atoms with van der Waals surface area (Å²) in [6.45, 7) is 3.24. The molecule has 4 rings (SSSR count). The minimum Gasteiger partial charge on any atom is -0.392 e. The summed E-state index contributed by atoms with van der Waals surface area (Å²) in [5.74, 6) is -2.38. The number of rotatable bonds is 10. The van der Waals surface area contributed by atoms with Crippen molar-refractivity contribution in [1.29, 1.82) is 0 Å².